The van der Waals surface area contributed by atoms with Crippen molar-refractivity contribution in [3.05, 3.63) is 70.1 Å². The summed E-state index contributed by atoms with van der Waals surface area (Å²) in [5.74, 6) is -2.08. The molecule has 0 aliphatic rings. The molecule has 6 nitrogen and oxygen atoms in total. The van der Waals surface area contributed by atoms with Crippen LogP contribution in [-0.2, 0) is 9.47 Å². The largest absolute Gasteiger partial charge is 0.465 e. The number of aromatic nitrogens is 2. The molecule has 0 N–H and O–H groups in total. The summed E-state index contributed by atoms with van der Waals surface area (Å²) in [5.41, 5.74) is 0.704. The molecule has 8 heteroatoms. The number of hydrogen-bond acceptors (Lipinski definition) is 5. The summed E-state index contributed by atoms with van der Waals surface area (Å²) in [6.45, 7) is 0. The lowest BCUT2D eigenvalue weighted by Gasteiger charge is -2.07. The smallest absolute Gasteiger partial charge is 0.357 e. The first-order valence-electron chi connectivity index (χ1n) is 7.78. The van der Waals surface area contributed by atoms with Crippen molar-refractivity contribution in [2.45, 2.75) is 0 Å². The standard InChI is InChI=1S/C19H14BrFN2O4/c1-26-18(24)15-16(13-10-11(21)8-9-14(13)20)22-23(17(15)19(25)27-2)12-6-4-3-5-7-12/h3-10H,1-2H3. The maximum atomic E-state index is 13.8. The van der Waals surface area contributed by atoms with Gasteiger partial charge in [0.05, 0.1) is 19.9 Å². The van der Waals surface area contributed by atoms with E-state index in [4.69, 9.17) is 9.47 Å². The van der Waals surface area contributed by atoms with Crippen molar-refractivity contribution in [1.29, 1.82) is 0 Å². The summed E-state index contributed by atoms with van der Waals surface area (Å²) in [7, 11) is 2.39. The van der Waals surface area contributed by atoms with Crippen LogP contribution in [0.1, 0.15) is 20.8 Å². The highest BCUT2D eigenvalue weighted by Crippen LogP contribution is 2.34. The Kier molecular flexibility index (Phi) is 5.36. The van der Waals surface area contributed by atoms with Crippen LogP contribution in [0.4, 0.5) is 4.39 Å². The first-order valence-corrected chi connectivity index (χ1v) is 8.57. The third-order valence-corrected chi connectivity index (χ3v) is 4.53. The number of hydrogen-bond donors (Lipinski definition) is 0. The van der Waals surface area contributed by atoms with Gasteiger partial charge < -0.3 is 9.47 Å². The van der Waals surface area contributed by atoms with E-state index in [1.54, 1.807) is 30.3 Å². The van der Waals surface area contributed by atoms with Crippen LogP contribution in [0.15, 0.2) is 53.0 Å². The van der Waals surface area contributed by atoms with E-state index in [0.717, 1.165) is 0 Å². The first-order chi connectivity index (χ1) is 13.0. The summed E-state index contributed by atoms with van der Waals surface area (Å²) >= 11 is 3.33. The summed E-state index contributed by atoms with van der Waals surface area (Å²) < 4.78 is 25.3. The maximum absolute atomic E-state index is 13.8. The molecule has 0 fully saturated rings. The molecule has 0 aliphatic carbocycles. The molecule has 1 heterocycles. The van der Waals surface area contributed by atoms with Gasteiger partial charge >= 0.3 is 11.9 Å². The Hall–Kier alpha value is -3.00. The molecule has 27 heavy (non-hydrogen) atoms. The zero-order chi connectivity index (χ0) is 19.6. The first kappa shape index (κ1) is 18.8. The van der Waals surface area contributed by atoms with Crippen LogP contribution in [0.5, 0.6) is 0 Å². The Bertz CT molecular complexity index is 1020. The molecule has 2 aromatic carbocycles. The summed E-state index contributed by atoms with van der Waals surface area (Å²) in [6, 6.07) is 12.7. The molecule has 3 aromatic rings. The van der Waals surface area contributed by atoms with Crippen molar-refractivity contribution in [3.63, 3.8) is 0 Å². The molecule has 0 aliphatic heterocycles. The highest BCUT2D eigenvalue weighted by atomic mass is 79.9. The van der Waals surface area contributed by atoms with Gasteiger partial charge in [0.1, 0.15) is 17.1 Å². The number of carbonyl (C=O) groups is 2. The van der Waals surface area contributed by atoms with E-state index < -0.39 is 17.8 Å². The maximum Gasteiger partial charge on any atom is 0.357 e. The molecule has 0 saturated heterocycles. The Balaban J connectivity index is 2.40. The van der Waals surface area contributed by atoms with Crippen LogP contribution in [0.3, 0.4) is 0 Å². The fourth-order valence-electron chi connectivity index (χ4n) is 2.62. The van der Waals surface area contributed by atoms with Crippen molar-refractivity contribution in [1.82, 2.24) is 9.78 Å². The third kappa shape index (κ3) is 3.48. The number of esters is 2. The monoisotopic (exact) mass is 432 g/mol. The fourth-order valence-corrected chi connectivity index (χ4v) is 3.06. The fraction of sp³-hybridized carbons (Fsp3) is 0.105. The van der Waals surface area contributed by atoms with Gasteiger partial charge in [0.2, 0.25) is 0 Å². The molecule has 0 spiro atoms. The second-order valence-electron chi connectivity index (χ2n) is 5.43. The Morgan fingerprint density at radius 1 is 1.04 bits per heavy atom. The Morgan fingerprint density at radius 2 is 1.70 bits per heavy atom. The lowest BCUT2D eigenvalue weighted by Crippen LogP contribution is -2.15. The molecule has 0 bridgehead atoms. The van der Waals surface area contributed by atoms with Gasteiger partial charge in [-0.1, -0.05) is 34.1 Å². The van der Waals surface area contributed by atoms with Gasteiger partial charge in [-0.2, -0.15) is 5.10 Å². The van der Waals surface area contributed by atoms with Crippen molar-refractivity contribution < 1.29 is 23.5 Å². The second kappa shape index (κ2) is 7.71. The molecule has 3 rings (SSSR count). The van der Waals surface area contributed by atoms with Crippen LogP contribution < -0.4 is 0 Å². The minimum Gasteiger partial charge on any atom is -0.465 e. The molecule has 138 valence electrons. The zero-order valence-corrected chi connectivity index (χ0v) is 16.0. The number of carbonyl (C=O) groups excluding carboxylic acids is 2. The predicted octanol–water partition coefficient (Wildman–Crippen LogP) is 4.01. The molecule has 0 amide bonds. The third-order valence-electron chi connectivity index (χ3n) is 3.84. The van der Waals surface area contributed by atoms with Crippen LogP contribution in [0, 0.1) is 5.82 Å². The highest BCUT2D eigenvalue weighted by molar-refractivity contribution is 9.10. The molecule has 0 unspecified atom stereocenters. The van der Waals surface area contributed by atoms with E-state index in [-0.39, 0.29) is 17.0 Å². The lowest BCUT2D eigenvalue weighted by atomic mass is 10.1. The number of ether oxygens (including phenoxy) is 2. The van der Waals surface area contributed by atoms with Crippen molar-refractivity contribution in [2.75, 3.05) is 14.2 Å². The number of methoxy groups -OCH3 is 2. The van der Waals surface area contributed by atoms with Gasteiger partial charge in [-0.05, 0) is 30.3 Å². The zero-order valence-electron chi connectivity index (χ0n) is 14.4. The van der Waals surface area contributed by atoms with Crippen LogP contribution in [0.25, 0.3) is 16.9 Å². The number of halogens is 2. The molecular weight excluding hydrogens is 419 g/mol. The molecule has 1 aromatic heterocycles. The van der Waals surface area contributed by atoms with Crippen molar-refractivity contribution >= 4 is 27.9 Å². The predicted molar refractivity (Wildman–Crippen MR) is 99.3 cm³/mol. The summed E-state index contributed by atoms with van der Waals surface area (Å²) in [4.78, 5) is 25.0. The quantitative estimate of drug-likeness (QED) is 0.582. The van der Waals surface area contributed by atoms with E-state index in [1.807, 2.05) is 0 Å². The normalized spacial score (nSPS) is 10.5. The molecule has 0 atom stereocenters. The van der Waals surface area contributed by atoms with Crippen LogP contribution >= 0.6 is 15.9 Å². The van der Waals surface area contributed by atoms with E-state index in [2.05, 4.69) is 21.0 Å². The van der Waals surface area contributed by atoms with Gasteiger partial charge in [-0.15, -0.1) is 0 Å². The number of rotatable bonds is 4. The van der Waals surface area contributed by atoms with Crippen LogP contribution in [-0.4, -0.2) is 35.9 Å². The van der Waals surface area contributed by atoms with E-state index in [0.29, 0.717) is 15.7 Å². The van der Waals surface area contributed by atoms with Gasteiger partial charge in [-0.3, -0.25) is 0 Å². The van der Waals surface area contributed by atoms with E-state index in [9.17, 15) is 14.0 Å². The molecule has 0 saturated carbocycles. The second-order valence-corrected chi connectivity index (χ2v) is 6.28. The molecular formula is C19H14BrFN2O4. The lowest BCUT2D eigenvalue weighted by molar-refractivity contribution is 0.0549. The average molecular weight is 433 g/mol. The minimum absolute atomic E-state index is 0.0949. The Morgan fingerprint density at radius 3 is 2.33 bits per heavy atom. The van der Waals surface area contributed by atoms with Gasteiger partial charge in [0.15, 0.2) is 5.69 Å². The van der Waals surface area contributed by atoms with Crippen LogP contribution in [0.2, 0.25) is 0 Å². The average Bonchev–Trinajstić information content (AvgIpc) is 3.09. The number of nitrogens with zero attached hydrogens (tertiary/aromatic N) is 2. The summed E-state index contributed by atoms with van der Waals surface area (Å²) in [6.07, 6.45) is 0. The summed E-state index contributed by atoms with van der Waals surface area (Å²) in [5, 5.41) is 4.41. The van der Waals surface area contributed by atoms with Gasteiger partial charge in [0, 0.05) is 10.0 Å². The minimum atomic E-state index is -0.788. The topological polar surface area (TPSA) is 70.4 Å². The van der Waals surface area contributed by atoms with Crippen molar-refractivity contribution in [3.8, 4) is 16.9 Å². The SMILES string of the molecule is COC(=O)c1c(-c2cc(F)ccc2Br)nn(-c2ccccc2)c1C(=O)OC. The van der Waals surface area contributed by atoms with E-state index in [1.165, 1.54) is 37.1 Å². The number of benzene rings is 2. The number of para-hydroxylation sites is 1. The van der Waals surface area contributed by atoms with Gasteiger partial charge in [-0.25, -0.2) is 18.7 Å². The highest BCUT2D eigenvalue weighted by Gasteiger charge is 2.32. The Labute approximate surface area is 162 Å². The van der Waals surface area contributed by atoms with E-state index >= 15 is 0 Å². The van der Waals surface area contributed by atoms with Crippen molar-refractivity contribution in [2.24, 2.45) is 0 Å². The molecule has 0 radical (unpaired) electrons. The van der Waals surface area contributed by atoms with Gasteiger partial charge in [0.25, 0.3) is 0 Å².